The minimum atomic E-state index is -3.95. The minimum Gasteiger partial charge on any atom is -0.321 e. The molecule has 0 aliphatic heterocycles. The molecule has 0 heterocycles. The van der Waals surface area contributed by atoms with Gasteiger partial charge in [0.25, 0.3) is 21.6 Å². The van der Waals surface area contributed by atoms with Crippen molar-refractivity contribution in [3.05, 3.63) is 92.5 Å². The van der Waals surface area contributed by atoms with Gasteiger partial charge in [-0.05, 0) is 74.7 Å². The number of nitro groups is 1. The second-order valence-corrected chi connectivity index (χ2v) is 9.20. The van der Waals surface area contributed by atoms with E-state index in [1.54, 1.807) is 31.2 Å². The number of carbonyl (C=O) groups excluding carboxylic acids is 1. The summed E-state index contributed by atoms with van der Waals surface area (Å²) in [5.41, 5.74) is 3.47. The highest BCUT2D eigenvalue weighted by Gasteiger charge is 2.21. The molecule has 0 aliphatic carbocycles. The lowest BCUT2D eigenvalue weighted by atomic mass is 10.1. The third kappa shape index (κ3) is 4.78. The number of carbonyl (C=O) groups is 1. The molecule has 0 fully saturated rings. The number of anilines is 2. The molecule has 0 spiro atoms. The standard InChI is InChI=1S/C23H23N3O5S/c1-14-9-11-19(12-16(14)3)25-32(30,31)22-13-18(10-8-15(22)2)23(27)24-20-6-5-7-21(17(20)4)26(28)29/h5-13,25H,1-4H3,(H,24,27). The normalized spacial score (nSPS) is 11.1. The number of hydrogen-bond acceptors (Lipinski definition) is 5. The number of nitrogens with zero attached hydrogens (tertiary/aromatic N) is 1. The van der Waals surface area contributed by atoms with Crippen LogP contribution in [0.5, 0.6) is 0 Å². The maximum Gasteiger partial charge on any atom is 0.274 e. The Morgan fingerprint density at radius 2 is 1.59 bits per heavy atom. The first-order valence-electron chi connectivity index (χ1n) is 9.75. The molecule has 3 rings (SSSR count). The van der Waals surface area contributed by atoms with Gasteiger partial charge in [0.1, 0.15) is 0 Å². The van der Waals surface area contributed by atoms with Gasteiger partial charge < -0.3 is 5.32 Å². The van der Waals surface area contributed by atoms with Crippen molar-refractivity contribution in [2.45, 2.75) is 32.6 Å². The Morgan fingerprint density at radius 3 is 2.25 bits per heavy atom. The monoisotopic (exact) mass is 453 g/mol. The molecule has 9 heteroatoms. The number of hydrogen-bond donors (Lipinski definition) is 2. The van der Waals surface area contributed by atoms with Crippen molar-refractivity contribution in [2.75, 3.05) is 10.0 Å². The highest BCUT2D eigenvalue weighted by Crippen LogP contribution is 2.27. The van der Waals surface area contributed by atoms with Gasteiger partial charge in [0.15, 0.2) is 0 Å². The van der Waals surface area contributed by atoms with Gasteiger partial charge in [-0.25, -0.2) is 8.42 Å². The van der Waals surface area contributed by atoms with E-state index in [0.29, 0.717) is 16.8 Å². The molecule has 0 aliphatic rings. The molecule has 3 aromatic rings. The van der Waals surface area contributed by atoms with Crippen molar-refractivity contribution in [3.8, 4) is 0 Å². The Balaban J connectivity index is 1.91. The van der Waals surface area contributed by atoms with E-state index < -0.39 is 20.9 Å². The molecular weight excluding hydrogens is 430 g/mol. The summed E-state index contributed by atoms with van der Waals surface area (Å²) < 4.78 is 28.6. The van der Waals surface area contributed by atoms with Gasteiger partial charge in [-0.1, -0.05) is 18.2 Å². The zero-order chi connectivity index (χ0) is 23.6. The van der Waals surface area contributed by atoms with Gasteiger partial charge in [-0.15, -0.1) is 0 Å². The Labute approximate surface area is 186 Å². The van der Waals surface area contributed by atoms with E-state index in [2.05, 4.69) is 10.0 Å². The van der Waals surface area contributed by atoms with Crippen LogP contribution in [-0.2, 0) is 10.0 Å². The average Bonchev–Trinajstić information content (AvgIpc) is 2.72. The number of amides is 1. The Morgan fingerprint density at radius 1 is 0.906 bits per heavy atom. The molecule has 0 radical (unpaired) electrons. The zero-order valence-corrected chi connectivity index (χ0v) is 18.9. The van der Waals surface area contributed by atoms with Gasteiger partial charge in [-0.3, -0.25) is 19.6 Å². The first kappa shape index (κ1) is 23.0. The fraction of sp³-hybridized carbons (Fsp3) is 0.174. The van der Waals surface area contributed by atoms with Crippen molar-refractivity contribution >= 4 is 33.0 Å². The number of nitrogens with one attached hydrogen (secondary N) is 2. The van der Waals surface area contributed by atoms with Crippen LogP contribution in [0.4, 0.5) is 17.1 Å². The summed E-state index contributed by atoms with van der Waals surface area (Å²) in [5.74, 6) is -0.573. The van der Waals surface area contributed by atoms with Crippen LogP contribution >= 0.6 is 0 Å². The first-order chi connectivity index (χ1) is 15.0. The van der Waals surface area contributed by atoms with E-state index in [9.17, 15) is 23.3 Å². The largest absolute Gasteiger partial charge is 0.321 e. The fourth-order valence-electron chi connectivity index (χ4n) is 3.20. The lowest BCUT2D eigenvalue weighted by molar-refractivity contribution is -0.385. The maximum absolute atomic E-state index is 13.0. The summed E-state index contributed by atoms with van der Waals surface area (Å²) in [6, 6.07) is 14.0. The second kappa shape index (κ2) is 8.80. The lowest BCUT2D eigenvalue weighted by Crippen LogP contribution is -2.17. The van der Waals surface area contributed by atoms with E-state index in [0.717, 1.165) is 11.1 Å². The van der Waals surface area contributed by atoms with Crippen LogP contribution in [0.15, 0.2) is 59.5 Å². The topological polar surface area (TPSA) is 118 Å². The minimum absolute atomic E-state index is 0.0286. The highest BCUT2D eigenvalue weighted by atomic mass is 32.2. The number of nitro benzene ring substituents is 1. The number of benzene rings is 3. The number of rotatable bonds is 6. The van der Waals surface area contributed by atoms with Crippen LogP contribution in [0.3, 0.4) is 0 Å². The van der Waals surface area contributed by atoms with Crippen molar-refractivity contribution in [1.82, 2.24) is 0 Å². The van der Waals surface area contributed by atoms with Gasteiger partial charge in [-0.2, -0.15) is 0 Å². The Hall–Kier alpha value is -3.72. The van der Waals surface area contributed by atoms with E-state index in [-0.39, 0.29) is 21.8 Å². The molecule has 1 amide bonds. The predicted octanol–water partition coefficient (Wildman–Crippen LogP) is 4.88. The van der Waals surface area contributed by atoms with Gasteiger partial charge in [0.2, 0.25) is 0 Å². The van der Waals surface area contributed by atoms with Crippen LogP contribution in [0.2, 0.25) is 0 Å². The summed E-state index contributed by atoms with van der Waals surface area (Å²) in [6.07, 6.45) is 0. The molecule has 0 unspecified atom stereocenters. The first-order valence-corrected chi connectivity index (χ1v) is 11.2. The predicted molar refractivity (Wildman–Crippen MR) is 124 cm³/mol. The van der Waals surface area contributed by atoms with Crippen molar-refractivity contribution in [2.24, 2.45) is 0 Å². The third-order valence-electron chi connectivity index (χ3n) is 5.25. The summed E-state index contributed by atoms with van der Waals surface area (Å²) in [4.78, 5) is 23.4. The maximum atomic E-state index is 13.0. The molecule has 2 N–H and O–H groups in total. The molecule has 32 heavy (non-hydrogen) atoms. The van der Waals surface area contributed by atoms with Crippen molar-refractivity contribution in [1.29, 1.82) is 0 Å². The lowest BCUT2D eigenvalue weighted by Gasteiger charge is -2.13. The molecule has 166 valence electrons. The summed E-state index contributed by atoms with van der Waals surface area (Å²) >= 11 is 0. The van der Waals surface area contributed by atoms with Crippen LogP contribution in [0.25, 0.3) is 0 Å². The highest BCUT2D eigenvalue weighted by molar-refractivity contribution is 7.92. The molecule has 8 nitrogen and oxygen atoms in total. The molecule has 0 saturated heterocycles. The summed E-state index contributed by atoms with van der Waals surface area (Å²) in [6.45, 7) is 7.00. The van der Waals surface area contributed by atoms with E-state index >= 15 is 0 Å². The fourth-order valence-corrected chi connectivity index (χ4v) is 4.52. The molecule has 3 aromatic carbocycles. The SMILES string of the molecule is Cc1ccc(NS(=O)(=O)c2cc(C(=O)Nc3cccc([N+](=O)[O-])c3C)ccc2C)cc1C. The van der Waals surface area contributed by atoms with Crippen molar-refractivity contribution < 1.29 is 18.1 Å². The number of aryl methyl sites for hydroxylation is 3. The van der Waals surface area contributed by atoms with E-state index in [1.807, 2.05) is 19.9 Å². The zero-order valence-electron chi connectivity index (χ0n) is 18.1. The van der Waals surface area contributed by atoms with E-state index in [4.69, 9.17) is 0 Å². The van der Waals surface area contributed by atoms with Gasteiger partial charge in [0, 0.05) is 17.3 Å². The summed E-state index contributed by atoms with van der Waals surface area (Å²) in [7, 11) is -3.95. The average molecular weight is 454 g/mol. The van der Waals surface area contributed by atoms with Crippen LogP contribution in [0, 0.1) is 37.8 Å². The smallest absolute Gasteiger partial charge is 0.274 e. The molecule has 0 saturated carbocycles. The molecule has 0 bridgehead atoms. The van der Waals surface area contributed by atoms with Gasteiger partial charge in [0.05, 0.1) is 21.1 Å². The van der Waals surface area contributed by atoms with E-state index in [1.165, 1.54) is 31.2 Å². The molecule has 0 aromatic heterocycles. The van der Waals surface area contributed by atoms with Crippen LogP contribution in [0.1, 0.15) is 32.6 Å². The van der Waals surface area contributed by atoms with Crippen LogP contribution in [-0.4, -0.2) is 19.2 Å². The van der Waals surface area contributed by atoms with Crippen molar-refractivity contribution in [3.63, 3.8) is 0 Å². The third-order valence-corrected chi connectivity index (χ3v) is 6.77. The summed E-state index contributed by atoms with van der Waals surface area (Å²) in [5, 5.41) is 13.8. The number of sulfonamides is 1. The quantitative estimate of drug-likeness (QED) is 0.407. The molecule has 0 atom stereocenters. The second-order valence-electron chi connectivity index (χ2n) is 7.55. The Kier molecular flexibility index (Phi) is 6.31. The van der Waals surface area contributed by atoms with Gasteiger partial charge >= 0.3 is 0 Å². The Bertz CT molecular complexity index is 1330. The molecular formula is C23H23N3O5S. The van der Waals surface area contributed by atoms with Crippen LogP contribution < -0.4 is 10.0 Å².